The van der Waals surface area contributed by atoms with E-state index in [0.717, 1.165) is 26.3 Å². The molecule has 2 aromatic heterocycles. The summed E-state index contributed by atoms with van der Waals surface area (Å²) < 4.78 is 28.0. The first-order chi connectivity index (χ1) is 9.42. The van der Waals surface area contributed by atoms with Gasteiger partial charge < -0.3 is 5.11 Å². The first kappa shape index (κ1) is 15.4. The van der Waals surface area contributed by atoms with Gasteiger partial charge in [-0.25, -0.2) is 13.4 Å². The number of aryl methyl sites for hydroxylation is 1. The molecule has 0 bridgehead atoms. The highest BCUT2D eigenvalue weighted by Crippen LogP contribution is 2.25. The standard InChI is InChI=1S/C12H13BrN2O3S2/c1-8-6-9(13)7-14-12(8)15-20(17,18)11-3-2-10(19-11)4-5-16/h2-3,6-7,16H,4-5H2,1H3,(H,14,15). The molecule has 0 aromatic carbocycles. The molecule has 0 radical (unpaired) electrons. The minimum absolute atomic E-state index is 0.000799. The maximum atomic E-state index is 12.2. The minimum Gasteiger partial charge on any atom is -0.396 e. The van der Waals surface area contributed by atoms with E-state index < -0.39 is 10.0 Å². The fourth-order valence-electron chi connectivity index (χ4n) is 1.57. The van der Waals surface area contributed by atoms with Gasteiger partial charge in [0.15, 0.2) is 0 Å². The van der Waals surface area contributed by atoms with E-state index in [1.165, 1.54) is 12.3 Å². The van der Waals surface area contributed by atoms with Crippen LogP contribution in [0, 0.1) is 6.92 Å². The zero-order valence-electron chi connectivity index (χ0n) is 10.6. The molecule has 5 nitrogen and oxygen atoms in total. The van der Waals surface area contributed by atoms with E-state index in [9.17, 15) is 8.42 Å². The van der Waals surface area contributed by atoms with Crippen LogP contribution in [-0.4, -0.2) is 25.1 Å². The monoisotopic (exact) mass is 376 g/mol. The van der Waals surface area contributed by atoms with Crippen molar-refractivity contribution < 1.29 is 13.5 Å². The maximum absolute atomic E-state index is 12.2. The van der Waals surface area contributed by atoms with Crippen molar-refractivity contribution in [3.05, 3.63) is 39.3 Å². The van der Waals surface area contributed by atoms with E-state index in [1.54, 1.807) is 19.1 Å². The molecule has 0 amide bonds. The molecule has 0 atom stereocenters. The Morgan fingerprint density at radius 2 is 2.20 bits per heavy atom. The van der Waals surface area contributed by atoms with E-state index in [-0.39, 0.29) is 10.8 Å². The Hall–Kier alpha value is -0.960. The van der Waals surface area contributed by atoms with E-state index in [0.29, 0.717) is 12.2 Å². The number of pyridine rings is 1. The van der Waals surface area contributed by atoms with Gasteiger partial charge in [0.05, 0.1) is 0 Å². The summed E-state index contributed by atoms with van der Waals surface area (Å²) in [6.45, 7) is 1.78. The average Bonchev–Trinajstić information content (AvgIpc) is 2.83. The second kappa shape index (κ2) is 6.21. The Morgan fingerprint density at radius 1 is 1.45 bits per heavy atom. The number of aliphatic hydroxyl groups is 1. The van der Waals surface area contributed by atoms with Gasteiger partial charge >= 0.3 is 0 Å². The number of sulfonamides is 1. The molecule has 8 heteroatoms. The average molecular weight is 377 g/mol. The Bertz CT molecular complexity index is 713. The molecule has 0 spiro atoms. The molecule has 0 aliphatic rings. The van der Waals surface area contributed by atoms with Crippen molar-refractivity contribution >= 4 is 43.1 Å². The van der Waals surface area contributed by atoms with Crippen molar-refractivity contribution in [3.63, 3.8) is 0 Å². The van der Waals surface area contributed by atoms with Crippen molar-refractivity contribution in [1.82, 2.24) is 4.98 Å². The van der Waals surface area contributed by atoms with Gasteiger partial charge in [-0.1, -0.05) is 0 Å². The highest BCUT2D eigenvalue weighted by atomic mass is 79.9. The van der Waals surface area contributed by atoms with Crippen LogP contribution in [0.4, 0.5) is 5.82 Å². The molecule has 2 aromatic rings. The maximum Gasteiger partial charge on any atom is 0.272 e. The van der Waals surface area contributed by atoms with Crippen molar-refractivity contribution in [1.29, 1.82) is 0 Å². The summed E-state index contributed by atoms with van der Waals surface area (Å²) in [5.41, 5.74) is 0.732. The first-order valence-electron chi connectivity index (χ1n) is 5.77. The van der Waals surface area contributed by atoms with Gasteiger partial charge in [-0.2, -0.15) is 0 Å². The molecule has 0 unspecified atom stereocenters. The predicted molar refractivity (Wildman–Crippen MR) is 82.6 cm³/mol. The van der Waals surface area contributed by atoms with Crippen LogP contribution < -0.4 is 4.72 Å². The number of halogens is 1. The van der Waals surface area contributed by atoms with Crippen LogP contribution >= 0.6 is 27.3 Å². The number of rotatable bonds is 5. The highest BCUT2D eigenvalue weighted by Gasteiger charge is 2.18. The molecule has 2 heterocycles. The second-order valence-corrected chi connectivity index (χ2v) is 8.11. The van der Waals surface area contributed by atoms with Crippen LogP contribution in [0.15, 0.2) is 33.1 Å². The van der Waals surface area contributed by atoms with Gasteiger partial charge in [-0.15, -0.1) is 11.3 Å². The zero-order chi connectivity index (χ0) is 14.8. The Labute approximate surface area is 129 Å². The molecule has 0 aliphatic carbocycles. The largest absolute Gasteiger partial charge is 0.396 e. The lowest BCUT2D eigenvalue weighted by molar-refractivity contribution is 0.300. The minimum atomic E-state index is -3.64. The fourth-order valence-corrected chi connectivity index (χ4v) is 4.44. The molecule has 0 fully saturated rings. The van der Waals surface area contributed by atoms with Crippen LogP contribution in [-0.2, 0) is 16.4 Å². The molecule has 2 N–H and O–H groups in total. The van der Waals surface area contributed by atoms with Gasteiger partial charge in [-0.3, -0.25) is 4.72 Å². The number of thiophene rings is 1. The van der Waals surface area contributed by atoms with Gasteiger partial charge in [0.2, 0.25) is 0 Å². The lowest BCUT2D eigenvalue weighted by atomic mass is 10.3. The number of nitrogens with one attached hydrogen (secondary N) is 1. The molecule has 0 aliphatic heterocycles. The Morgan fingerprint density at radius 3 is 2.85 bits per heavy atom. The Balaban J connectivity index is 2.26. The van der Waals surface area contributed by atoms with Crippen molar-refractivity contribution in [2.75, 3.05) is 11.3 Å². The molecule has 0 saturated carbocycles. The molecule has 108 valence electrons. The van der Waals surface area contributed by atoms with Crippen LogP contribution in [0.25, 0.3) is 0 Å². The summed E-state index contributed by atoms with van der Waals surface area (Å²) >= 11 is 4.43. The third kappa shape index (κ3) is 3.57. The summed E-state index contributed by atoms with van der Waals surface area (Å²) in [7, 11) is -3.64. The summed E-state index contributed by atoms with van der Waals surface area (Å²) in [5, 5.41) is 8.86. The summed E-state index contributed by atoms with van der Waals surface area (Å²) in [5.74, 6) is 0.310. The van der Waals surface area contributed by atoms with E-state index >= 15 is 0 Å². The van der Waals surface area contributed by atoms with Crippen molar-refractivity contribution in [2.24, 2.45) is 0 Å². The van der Waals surface area contributed by atoms with E-state index in [2.05, 4.69) is 25.6 Å². The molecular formula is C12H13BrN2O3S2. The summed E-state index contributed by atoms with van der Waals surface area (Å²) in [4.78, 5) is 4.89. The van der Waals surface area contributed by atoms with Gasteiger partial charge in [-0.05, 0) is 46.6 Å². The number of hydrogen-bond acceptors (Lipinski definition) is 5. The van der Waals surface area contributed by atoms with E-state index in [4.69, 9.17) is 5.11 Å². The number of aliphatic hydroxyl groups excluding tert-OH is 1. The van der Waals surface area contributed by atoms with Crippen molar-refractivity contribution in [2.45, 2.75) is 17.6 Å². The van der Waals surface area contributed by atoms with Crippen molar-refractivity contribution in [3.8, 4) is 0 Å². The molecule has 2 rings (SSSR count). The lowest BCUT2D eigenvalue weighted by Gasteiger charge is -2.08. The fraction of sp³-hybridized carbons (Fsp3) is 0.250. The smallest absolute Gasteiger partial charge is 0.272 e. The van der Waals surface area contributed by atoms with Crippen LogP contribution in [0.1, 0.15) is 10.4 Å². The summed E-state index contributed by atoms with van der Waals surface area (Å²) in [6, 6.07) is 5.03. The number of anilines is 1. The second-order valence-electron chi connectivity index (χ2n) is 4.12. The zero-order valence-corrected chi connectivity index (χ0v) is 13.8. The predicted octanol–water partition coefficient (Wildman–Crippen LogP) is 2.55. The highest BCUT2D eigenvalue weighted by molar-refractivity contribution is 9.10. The van der Waals surface area contributed by atoms with Gasteiger partial charge in [0, 0.05) is 28.6 Å². The van der Waals surface area contributed by atoms with Crippen LogP contribution in [0.5, 0.6) is 0 Å². The topological polar surface area (TPSA) is 79.3 Å². The lowest BCUT2D eigenvalue weighted by Crippen LogP contribution is -2.13. The normalized spacial score (nSPS) is 11.6. The number of hydrogen-bond donors (Lipinski definition) is 2. The molecule has 0 saturated heterocycles. The third-order valence-electron chi connectivity index (χ3n) is 2.54. The van der Waals surface area contributed by atoms with Crippen LogP contribution in [0.2, 0.25) is 0 Å². The number of aromatic nitrogens is 1. The molecule has 20 heavy (non-hydrogen) atoms. The SMILES string of the molecule is Cc1cc(Br)cnc1NS(=O)(=O)c1ccc(CCO)s1. The summed E-state index contributed by atoms with van der Waals surface area (Å²) in [6.07, 6.45) is 1.99. The molecular weight excluding hydrogens is 364 g/mol. The van der Waals surface area contributed by atoms with Gasteiger partial charge in [0.25, 0.3) is 10.0 Å². The van der Waals surface area contributed by atoms with E-state index in [1.807, 2.05) is 0 Å². The quantitative estimate of drug-likeness (QED) is 0.840. The number of nitrogens with zero attached hydrogens (tertiary/aromatic N) is 1. The third-order valence-corrected chi connectivity index (χ3v) is 5.95. The first-order valence-corrected chi connectivity index (χ1v) is 8.86. The Kier molecular flexibility index (Phi) is 4.79. The van der Waals surface area contributed by atoms with Gasteiger partial charge in [0.1, 0.15) is 10.0 Å². The van der Waals surface area contributed by atoms with Crippen LogP contribution in [0.3, 0.4) is 0 Å².